The first-order valence-corrected chi connectivity index (χ1v) is 7.10. The maximum atomic E-state index is 13.6. The van der Waals surface area contributed by atoms with Gasteiger partial charge < -0.3 is 4.90 Å². The SMILES string of the molecule is CN(C(=O)C1CC1)[C@H](c1cccc(F)c1)c1ccccn1. The summed E-state index contributed by atoms with van der Waals surface area (Å²) in [4.78, 5) is 18.4. The zero-order valence-corrected chi connectivity index (χ0v) is 11.9. The number of carbonyl (C=O) groups is 1. The van der Waals surface area contributed by atoms with Gasteiger partial charge in [-0.15, -0.1) is 0 Å². The Balaban J connectivity index is 2.00. The number of hydrogen-bond acceptors (Lipinski definition) is 2. The first kappa shape index (κ1) is 13.7. The van der Waals surface area contributed by atoms with Gasteiger partial charge >= 0.3 is 0 Å². The summed E-state index contributed by atoms with van der Waals surface area (Å²) in [6, 6.07) is 11.6. The summed E-state index contributed by atoms with van der Waals surface area (Å²) in [6.45, 7) is 0. The largest absolute Gasteiger partial charge is 0.333 e. The third-order valence-corrected chi connectivity index (χ3v) is 3.79. The molecule has 1 heterocycles. The molecule has 2 aromatic rings. The van der Waals surface area contributed by atoms with Crippen LogP contribution in [0.3, 0.4) is 0 Å². The van der Waals surface area contributed by atoms with Gasteiger partial charge in [0.25, 0.3) is 0 Å². The van der Waals surface area contributed by atoms with Crippen molar-refractivity contribution in [2.75, 3.05) is 7.05 Å². The van der Waals surface area contributed by atoms with Crippen molar-refractivity contribution in [2.24, 2.45) is 5.92 Å². The van der Waals surface area contributed by atoms with Gasteiger partial charge in [-0.3, -0.25) is 9.78 Å². The fourth-order valence-corrected chi connectivity index (χ4v) is 2.55. The zero-order valence-electron chi connectivity index (χ0n) is 11.9. The number of rotatable bonds is 4. The molecule has 1 aliphatic carbocycles. The van der Waals surface area contributed by atoms with E-state index in [1.54, 1.807) is 24.2 Å². The van der Waals surface area contributed by atoms with Crippen LogP contribution < -0.4 is 0 Å². The van der Waals surface area contributed by atoms with E-state index in [0.29, 0.717) is 0 Å². The summed E-state index contributed by atoms with van der Waals surface area (Å²) in [7, 11) is 1.77. The van der Waals surface area contributed by atoms with Gasteiger partial charge in [0, 0.05) is 19.2 Å². The predicted molar refractivity (Wildman–Crippen MR) is 78.0 cm³/mol. The number of nitrogens with zero attached hydrogens (tertiary/aromatic N) is 2. The Morgan fingerprint density at radius 3 is 2.71 bits per heavy atom. The van der Waals surface area contributed by atoms with Crippen LogP contribution in [0.1, 0.15) is 30.1 Å². The molecule has 0 spiro atoms. The summed E-state index contributed by atoms with van der Waals surface area (Å²) >= 11 is 0. The van der Waals surface area contributed by atoms with Crippen LogP contribution in [-0.4, -0.2) is 22.8 Å². The van der Waals surface area contributed by atoms with Crippen LogP contribution in [0.25, 0.3) is 0 Å². The maximum Gasteiger partial charge on any atom is 0.226 e. The molecule has 1 atom stereocenters. The Hall–Kier alpha value is -2.23. The van der Waals surface area contributed by atoms with Crippen molar-refractivity contribution >= 4 is 5.91 Å². The highest BCUT2D eigenvalue weighted by Gasteiger charge is 2.35. The van der Waals surface area contributed by atoms with Crippen molar-refractivity contribution in [1.29, 1.82) is 0 Å². The number of hydrogen-bond donors (Lipinski definition) is 0. The van der Waals surface area contributed by atoms with Crippen molar-refractivity contribution in [1.82, 2.24) is 9.88 Å². The molecule has 0 unspecified atom stereocenters. The standard InChI is InChI=1S/C17H17FN2O/c1-20(17(21)12-8-9-12)16(15-7-2-3-10-19-15)13-5-4-6-14(18)11-13/h2-7,10-12,16H,8-9H2,1H3/t16-/m1/s1. The van der Waals surface area contributed by atoms with Gasteiger partial charge in [0.05, 0.1) is 11.7 Å². The normalized spacial score (nSPS) is 15.5. The van der Waals surface area contributed by atoms with Crippen LogP contribution in [0.4, 0.5) is 4.39 Å². The summed E-state index contributed by atoms with van der Waals surface area (Å²) in [5.41, 5.74) is 1.49. The molecule has 1 aromatic carbocycles. The lowest BCUT2D eigenvalue weighted by Gasteiger charge is -2.28. The molecule has 1 aliphatic rings. The van der Waals surface area contributed by atoms with Crippen molar-refractivity contribution in [3.63, 3.8) is 0 Å². The van der Waals surface area contributed by atoms with E-state index in [1.165, 1.54) is 12.1 Å². The van der Waals surface area contributed by atoms with Crippen molar-refractivity contribution in [3.8, 4) is 0 Å². The Kier molecular flexibility index (Phi) is 3.69. The second-order valence-electron chi connectivity index (χ2n) is 5.44. The molecule has 1 saturated carbocycles. The minimum atomic E-state index is -0.352. The number of carbonyl (C=O) groups excluding carboxylic acids is 1. The lowest BCUT2D eigenvalue weighted by atomic mass is 10.0. The molecule has 1 aromatic heterocycles. The second kappa shape index (κ2) is 5.64. The molecule has 3 nitrogen and oxygen atoms in total. The van der Waals surface area contributed by atoms with Crippen LogP contribution in [0, 0.1) is 11.7 Å². The van der Waals surface area contributed by atoms with Crippen molar-refractivity contribution in [2.45, 2.75) is 18.9 Å². The predicted octanol–water partition coefficient (Wildman–Crippen LogP) is 3.18. The molecule has 0 aliphatic heterocycles. The van der Waals surface area contributed by atoms with Gasteiger partial charge in [-0.05, 0) is 42.7 Å². The average Bonchev–Trinajstić information content (AvgIpc) is 3.32. The van der Waals surface area contributed by atoms with Crippen LogP contribution in [0.2, 0.25) is 0 Å². The van der Waals surface area contributed by atoms with E-state index in [0.717, 1.165) is 24.1 Å². The average molecular weight is 284 g/mol. The Bertz CT molecular complexity index is 640. The molecule has 0 saturated heterocycles. The summed E-state index contributed by atoms with van der Waals surface area (Å²) in [5.74, 6) is -0.0783. The van der Waals surface area contributed by atoms with E-state index in [2.05, 4.69) is 4.98 Å². The van der Waals surface area contributed by atoms with E-state index in [1.807, 2.05) is 24.3 Å². The monoisotopic (exact) mass is 284 g/mol. The first-order chi connectivity index (χ1) is 10.2. The number of halogens is 1. The number of aromatic nitrogens is 1. The molecular formula is C17H17FN2O. The van der Waals surface area contributed by atoms with Crippen LogP contribution >= 0.6 is 0 Å². The molecule has 0 N–H and O–H groups in total. The van der Waals surface area contributed by atoms with Crippen LogP contribution in [-0.2, 0) is 4.79 Å². The van der Waals surface area contributed by atoms with Gasteiger partial charge in [-0.25, -0.2) is 4.39 Å². The first-order valence-electron chi connectivity index (χ1n) is 7.10. The molecule has 0 bridgehead atoms. The number of benzene rings is 1. The second-order valence-corrected chi connectivity index (χ2v) is 5.44. The zero-order chi connectivity index (χ0) is 14.8. The molecule has 0 radical (unpaired) electrons. The van der Waals surface area contributed by atoms with Crippen molar-refractivity contribution < 1.29 is 9.18 Å². The Labute approximate surface area is 123 Å². The molecule has 4 heteroatoms. The van der Waals surface area contributed by atoms with E-state index in [-0.39, 0.29) is 23.7 Å². The lowest BCUT2D eigenvalue weighted by molar-refractivity contribution is -0.132. The fourth-order valence-electron chi connectivity index (χ4n) is 2.55. The lowest BCUT2D eigenvalue weighted by Crippen LogP contribution is -2.33. The highest BCUT2D eigenvalue weighted by Crippen LogP contribution is 2.35. The molecule has 1 amide bonds. The van der Waals surface area contributed by atoms with Crippen molar-refractivity contribution in [3.05, 3.63) is 65.7 Å². The summed E-state index contributed by atoms with van der Waals surface area (Å²) < 4.78 is 13.6. The van der Waals surface area contributed by atoms with E-state index >= 15 is 0 Å². The van der Waals surface area contributed by atoms with E-state index < -0.39 is 0 Å². The summed E-state index contributed by atoms with van der Waals surface area (Å²) in [6.07, 6.45) is 3.58. The Morgan fingerprint density at radius 2 is 2.10 bits per heavy atom. The van der Waals surface area contributed by atoms with E-state index in [9.17, 15) is 9.18 Å². The van der Waals surface area contributed by atoms with E-state index in [4.69, 9.17) is 0 Å². The van der Waals surface area contributed by atoms with Crippen LogP contribution in [0.5, 0.6) is 0 Å². The molecule has 108 valence electrons. The highest BCUT2D eigenvalue weighted by atomic mass is 19.1. The molecular weight excluding hydrogens is 267 g/mol. The van der Waals surface area contributed by atoms with Gasteiger partial charge in [0.15, 0.2) is 0 Å². The maximum absolute atomic E-state index is 13.6. The van der Waals surface area contributed by atoms with Gasteiger partial charge in [-0.1, -0.05) is 18.2 Å². The third-order valence-electron chi connectivity index (χ3n) is 3.79. The van der Waals surface area contributed by atoms with Gasteiger partial charge in [0.1, 0.15) is 5.82 Å². The highest BCUT2D eigenvalue weighted by molar-refractivity contribution is 5.81. The smallest absolute Gasteiger partial charge is 0.226 e. The molecule has 21 heavy (non-hydrogen) atoms. The van der Waals surface area contributed by atoms with Crippen LogP contribution in [0.15, 0.2) is 48.7 Å². The number of pyridine rings is 1. The van der Waals surface area contributed by atoms with Gasteiger partial charge in [-0.2, -0.15) is 0 Å². The minimum Gasteiger partial charge on any atom is -0.333 e. The number of amides is 1. The van der Waals surface area contributed by atoms with Gasteiger partial charge in [0.2, 0.25) is 5.91 Å². The molecule has 3 rings (SSSR count). The quantitative estimate of drug-likeness (QED) is 0.864. The third kappa shape index (κ3) is 2.94. The minimum absolute atomic E-state index is 0.106. The topological polar surface area (TPSA) is 33.2 Å². The summed E-state index contributed by atoms with van der Waals surface area (Å²) in [5, 5.41) is 0. The fraction of sp³-hybridized carbons (Fsp3) is 0.294. The molecule has 1 fully saturated rings. The Morgan fingerprint density at radius 1 is 1.29 bits per heavy atom.